The summed E-state index contributed by atoms with van der Waals surface area (Å²) in [6.07, 6.45) is 1.65. The van der Waals surface area contributed by atoms with Crippen LogP contribution in [0.1, 0.15) is 20.8 Å². The van der Waals surface area contributed by atoms with Gasteiger partial charge in [0.15, 0.2) is 0 Å². The molecule has 3 nitrogen and oxygen atoms in total. The van der Waals surface area contributed by atoms with Gasteiger partial charge in [-0.2, -0.15) is 0 Å². The van der Waals surface area contributed by atoms with Crippen LogP contribution in [0.4, 0.5) is 0 Å². The smallest absolute Gasteiger partial charge is 0.325 e. The van der Waals surface area contributed by atoms with Crippen LogP contribution in [0.3, 0.4) is 0 Å². The van der Waals surface area contributed by atoms with Crippen molar-refractivity contribution in [1.82, 2.24) is 0 Å². The van der Waals surface area contributed by atoms with E-state index >= 15 is 0 Å². The third kappa shape index (κ3) is 7.14. The summed E-state index contributed by atoms with van der Waals surface area (Å²) in [4.78, 5) is 13.7. The lowest BCUT2D eigenvalue weighted by Crippen LogP contribution is -2.08. The second kappa shape index (κ2) is 3.34. The summed E-state index contributed by atoms with van der Waals surface area (Å²) in [7, 11) is 0. The number of aliphatic carboxylic acids is 1. The van der Waals surface area contributed by atoms with Gasteiger partial charge in [0.05, 0.1) is 0 Å². The lowest BCUT2D eigenvalue weighted by Gasteiger charge is -2.08. The van der Waals surface area contributed by atoms with Gasteiger partial charge in [0, 0.05) is 6.21 Å². The molecule has 0 aliphatic heterocycles. The fraction of sp³-hybridized carbons (Fsp3) is 0.714. The number of carbonyl (C=O) groups is 1. The maximum Gasteiger partial charge on any atom is 0.325 e. The Morgan fingerprint density at radius 2 is 2.10 bits per heavy atom. The third-order valence-corrected chi connectivity index (χ3v) is 0.705. The minimum absolute atomic E-state index is 0.0184. The third-order valence-electron chi connectivity index (χ3n) is 0.705. The Kier molecular flexibility index (Phi) is 3.06. The average Bonchev–Trinajstić information content (AvgIpc) is 1.59. The number of nitrogens with zero attached hydrogens (tertiary/aromatic N) is 1. The molecule has 0 unspecified atom stereocenters. The summed E-state index contributed by atoms with van der Waals surface area (Å²) in [6, 6.07) is 0. The fourth-order valence-electron chi connectivity index (χ4n) is 0.398. The number of carboxylic acids is 1. The molecule has 0 aliphatic rings. The molecule has 58 valence electrons. The normalized spacial score (nSPS) is 12.3. The number of hydrogen-bond acceptors (Lipinski definition) is 2. The maximum atomic E-state index is 9.97. The van der Waals surface area contributed by atoms with Gasteiger partial charge in [0.1, 0.15) is 6.54 Å². The van der Waals surface area contributed by atoms with Crippen LogP contribution < -0.4 is 0 Å². The molecule has 0 radical (unpaired) electrons. The molecule has 0 spiro atoms. The monoisotopic (exact) mass is 143 g/mol. The molecule has 0 bridgehead atoms. The van der Waals surface area contributed by atoms with Gasteiger partial charge >= 0.3 is 5.97 Å². The predicted molar refractivity (Wildman–Crippen MR) is 40.4 cm³/mol. The molecule has 10 heavy (non-hydrogen) atoms. The van der Waals surface area contributed by atoms with Crippen LogP contribution in [0.5, 0.6) is 0 Å². The Bertz CT molecular complexity index is 144. The van der Waals surface area contributed by atoms with Crippen LogP contribution in [-0.4, -0.2) is 23.8 Å². The molecule has 0 saturated carbocycles. The van der Waals surface area contributed by atoms with Crippen molar-refractivity contribution in [2.45, 2.75) is 20.8 Å². The highest BCUT2D eigenvalue weighted by molar-refractivity contribution is 5.73. The quantitative estimate of drug-likeness (QED) is 0.590. The number of carboxylic acid groups (broad SMARTS) is 1. The zero-order chi connectivity index (χ0) is 8.20. The molecule has 0 aromatic rings. The molecule has 3 heteroatoms. The van der Waals surface area contributed by atoms with Gasteiger partial charge in [0.2, 0.25) is 0 Å². The highest BCUT2D eigenvalue weighted by Crippen LogP contribution is 2.07. The molecule has 0 aromatic carbocycles. The Morgan fingerprint density at radius 1 is 1.60 bits per heavy atom. The van der Waals surface area contributed by atoms with Crippen molar-refractivity contribution in [3.05, 3.63) is 0 Å². The van der Waals surface area contributed by atoms with E-state index in [-0.39, 0.29) is 12.0 Å². The molecular weight excluding hydrogens is 130 g/mol. The molecule has 0 fully saturated rings. The minimum Gasteiger partial charge on any atom is -0.480 e. The molecule has 0 atom stereocenters. The van der Waals surface area contributed by atoms with Crippen LogP contribution in [0.15, 0.2) is 4.99 Å². The SMILES string of the molecule is CC(C)(C)/C=N/CC(=O)O. The second-order valence-electron chi connectivity index (χ2n) is 3.23. The van der Waals surface area contributed by atoms with E-state index < -0.39 is 5.97 Å². The molecule has 0 amide bonds. The van der Waals surface area contributed by atoms with Crippen molar-refractivity contribution in [3.8, 4) is 0 Å². The van der Waals surface area contributed by atoms with Crippen LogP contribution in [0, 0.1) is 5.41 Å². The standard InChI is InChI=1S/C7H13NO2/c1-7(2,3)5-8-4-6(9)10/h5H,4H2,1-3H3,(H,9,10)/b8-5+. The molecule has 1 N–H and O–H groups in total. The summed E-state index contributed by atoms with van der Waals surface area (Å²) in [5.74, 6) is -0.888. The van der Waals surface area contributed by atoms with Crippen LogP contribution >= 0.6 is 0 Å². The van der Waals surface area contributed by atoms with Crippen molar-refractivity contribution in [1.29, 1.82) is 0 Å². The van der Waals surface area contributed by atoms with Crippen molar-refractivity contribution < 1.29 is 9.90 Å². The van der Waals surface area contributed by atoms with Gasteiger partial charge in [-0.15, -0.1) is 0 Å². The molecule has 0 saturated heterocycles. The highest BCUT2D eigenvalue weighted by Gasteiger charge is 2.04. The van der Waals surface area contributed by atoms with Crippen molar-refractivity contribution in [2.75, 3.05) is 6.54 Å². The molecule has 0 rings (SSSR count). The molecule has 0 aliphatic carbocycles. The van der Waals surface area contributed by atoms with E-state index in [1.807, 2.05) is 20.8 Å². The number of hydrogen-bond donors (Lipinski definition) is 1. The van der Waals surface area contributed by atoms with Gasteiger partial charge in [-0.3, -0.25) is 9.79 Å². The topological polar surface area (TPSA) is 49.7 Å². The maximum absolute atomic E-state index is 9.97. The molecule has 0 heterocycles. The van der Waals surface area contributed by atoms with E-state index in [0.717, 1.165) is 0 Å². The first-order chi connectivity index (χ1) is 4.42. The van der Waals surface area contributed by atoms with Gasteiger partial charge < -0.3 is 5.11 Å². The lowest BCUT2D eigenvalue weighted by atomic mass is 9.99. The zero-order valence-electron chi connectivity index (χ0n) is 6.59. The molecule has 0 aromatic heterocycles. The van der Waals surface area contributed by atoms with E-state index in [2.05, 4.69) is 4.99 Å². The Labute approximate surface area is 60.8 Å². The van der Waals surface area contributed by atoms with Crippen molar-refractivity contribution >= 4 is 12.2 Å². The van der Waals surface area contributed by atoms with Crippen LogP contribution in [0.25, 0.3) is 0 Å². The largest absolute Gasteiger partial charge is 0.480 e. The van der Waals surface area contributed by atoms with Crippen LogP contribution in [0.2, 0.25) is 0 Å². The summed E-state index contributed by atoms with van der Waals surface area (Å²) in [5.41, 5.74) is -0.0184. The van der Waals surface area contributed by atoms with E-state index in [1.165, 1.54) is 0 Å². The number of aliphatic imine (C=N–C) groups is 1. The summed E-state index contributed by atoms with van der Waals surface area (Å²) in [6.45, 7) is 5.78. The van der Waals surface area contributed by atoms with Gasteiger partial charge in [0.25, 0.3) is 0 Å². The highest BCUT2D eigenvalue weighted by atomic mass is 16.4. The molecular formula is C7H13NO2. The van der Waals surface area contributed by atoms with Gasteiger partial charge in [-0.25, -0.2) is 0 Å². The summed E-state index contributed by atoms with van der Waals surface area (Å²) >= 11 is 0. The predicted octanol–water partition coefficient (Wildman–Crippen LogP) is 1.19. The average molecular weight is 143 g/mol. The van der Waals surface area contributed by atoms with E-state index in [9.17, 15) is 4.79 Å². The summed E-state index contributed by atoms with van der Waals surface area (Å²) < 4.78 is 0. The van der Waals surface area contributed by atoms with Crippen molar-refractivity contribution in [2.24, 2.45) is 10.4 Å². The summed E-state index contributed by atoms with van der Waals surface area (Å²) in [5, 5.41) is 8.20. The van der Waals surface area contributed by atoms with Gasteiger partial charge in [-0.1, -0.05) is 20.8 Å². The Morgan fingerprint density at radius 3 is 2.40 bits per heavy atom. The first kappa shape index (κ1) is 9.14. The lowest BCUT2D eigenvalue weighted by molar-refractivity contribution is -0.135. The fourth-order valence-corrected chi connectivity index (χ4v) is 0.398. The van der Waals surface area contributed by atoms with E-state index in [4.69, 9.17) is 5.11 Å². The Hall–Kier alpha value is -0.860. The zero-order valence-corrected chi connectivity index (χ0v) is 6.59. The first-order valence-corrected chi connectivity index (χ1v) is 3.14. The van der Waals surface area contributed by atoms with E-state index in [0.29, 0.717) is 0 Å². The van der Waals surface area contributed by atoms with Gasteiger partial charge in [-0.05, 0) is 5.41 Å². The second-order valence-corrected chi connectivity index (χ2v) is 3.23. The Balaban J connectivity index is 3.67. The number of rotatable bonds is 2. The minimum atomic E-state index is -0.888. The first-order valence-electron chi connectivity index (χ1n) is 3.14. The van der Waals surface area contributed by atoms with Crippen molar-refractivity contribution in [3.63, 3.8) is 0 Å². The van der Waals surface area contributed by atoms with E-state index in [1.54, 1.807) is 6.21 Å². The van der Waals surface area contributed by atoms with Crippen LogP contribution in [-0.2, 0) is 4.79 Å².